The molecule has 0 aliphatic heterocycles. The summed E-state index contributed by atoms with van der Waals surface area (Å²) in [4.78, 5) is 23.8. The largest absolute Gasteiger partial charge is 0.469 e. The summed E-state index contributed by atoms with van der Waals surface area (Å²) in [6.45, 7) is 0. The van der Waals surface area contributed by atoms with Crippen LogP contribution in [0, 0.1) is 10.1 Å². The van der Waals surface area contributed by atoms with Crippen LogP contribution >= 0.6 is 11.6 Å². The van der Waals surface area contributed by atoms with E-state index in [1.807, 2.05) is 0 Å². The zero-order valence-electron chi connectivity index (χ0n) is 9.02. The molecule has 1 heterocycles. The van der Waals surface area contributed by atoms with Gasteiger partial charge in [-0.15, -0.1) is 0 Å². The highest BCUT2D eigenvalue weighted by Gasteiger charge is 2.26. The van der Waals surface area contributed by atoms with Gasteiger partial charge in [0.15, 0.2) is 0 Å². The van der Waals surface area contributed by atoms with E-state index < -0.39 is 40.3 Å². The van der Waals surface area contributed by atoms with E-state index >= 15 is 0 Å². The molecule has 6 nitrogen and oxygen atoms in total. The zero-order chi connectivity index (χ0) is 13.9. The number of methoxy groups -OCH3 is 1. The number of aromatic nitrogens is 1. The molecule has 0 saturated heterocycles. The first-order valence-corrected chi connectivity index (χ1v) is 4.93. The monoisotopic (exact) mass is 280 g/mol. The average molecular weight is 281 g/mol. The van der Waals surface area contributed by atoms with Gasteiger partial charge < -0.3 is 14.9 Å². The minimum atomic E-state index is -3.00. The van der Waals surface area contributed by atoms with Crippen molar-refractivity contribution in [2.45, 2.75) is 12.8 Å². The molecular formula is C9H7ClF2N2O4. The molecule has 9 heteroatoms. The smallest absolute Gasteiger partial charge is 0.383 e. The second kappa shape index (κ2) is 5.67. The minimum absolute atomic E-state index is 0.125. The molecule has 18 heavy (non-hydrogen) atoms. The van der Waals surface area contributed by atoms with Crippen molar-refractivity contribution in [2.24, 2.45) is 0 Å². The summed E-state index contributed by atoms with van der Waals surface area (Å²) in [7, 11) is 1.10. The quantitative estimate of drug-likeness (QED) is 0.480. The standard InChI is InChI=1S/C9H7ClF2N2O4/c1-18-6(15)3-4-2-5(8(11)12)13-9(7(4)10)14(16)17/h2,8H,3H2,1H3. The van der Waals surface area contributed by atoms with Gasteiger partial charge in [0.2, 0.25) is 5.69 Å². The number of alkyl halides is 2. The van der Waals surface area contributed by atoms with Crippen molar-refractivity contribution < 1.29 is 23.2 Å². The molecule has 0 fully saturated rings. The van der Waals surface area contributed by atoms with Crippen LogP contribution in [0.3, 0.4) is 0 Å². The van der Waals surface area contributed by atoms with Crippen LogP contribution in [-0.4, -0.2) is 23.0 Å². The lowest BCUT2D eigenvalue weighted by atomic mass is 10.1. The number of rotatable bonds is 4. The van der Waals surface area contributed by atoms with E-state index in [2.05, 4.69) is 9.72 Å². The number of hydrogen-bond acceptors (Lipinski definition) is 5. The lowest BCUT2D eigenvalue weighted by molar-refractivity contribution is -0.389. The molecule has 0 aliphatic carbocycles. The molecule has 0 unspecified atom stereocenters. The van der Waals surface area contributed by atoms with Gasteiger partial charge in [-0.25, -0.2) is 8.78 Å². The highest BCUT2D eigenvalue weighted by atomic mass is 35.5. The molecule has 98 valence electrons. The Morgan fingerprint density at radius 2 is 2.28 bits per heavy atom. The first kappa shape index (κ1) is 14.2. The predicted octanol–water partition coefficient (Wildman–Crippen LogP) is 2.30. The maximum Gasteiger partial charge on any atom is 0.383 e. The Kier molecular flexibility index (Phi) is 4.49. The summed E-state index contributed by atoms with van der Waals surface area (Å²) in [5.74, 6) is -1.66. The molecule has 1 aromatic rings. The first-order chi connectivity index (χ1) is 8.36. The van der Waals surface area contributed by atoms with Crippen molar-refractivity contribution in [3.63, 3.8) is 0 Å². The third kappa shape index (κ3) is 3.10. The van der Waals surface area contributed by atoms with Gasteiger partial charge in [0, 0.05) is 0 Å². The Morgan fingerprint density at radius 1 is 1.67 bits per heavy atom. The highest BCUT2D eigenvalue weighted by Crippen LogP contribution is 2.30. The maximum absolute atomic E-state index is 12.5. The fraction of sp³-hybridized carbons (Fsp3) is 0.333. The van der Waals surface area contributed by atoms with Gasteiger partial charge in [0.1, 0.15) is 5.02 Å². The van der Waals surface area contributed by atoms with Crippen LogP contribution in [0.5, 0.6) is 0 Å². The molecule has 1 aromatic heterocycles. The van der Waals surface area contributed by atoms with Gasteiger partial charge >= 0.3 is 18.2 Å². The van der Waals surface area contributed by atoms with E-state index in [1.54, 1.807) is 0 Å². The van der Waals surface area contributed by atoms with E-state index in [0.29, 0.717) is 0 Å². The fourth-order valence-corrected chi connectivity index (χ4v) is 1.41. The van der Waals surface area contributed by atoms with E-state index in [4.69, 9.17) is 11.6 Å². The Morgan fingerprint density at radius 3 is 2.72 bits per heavy atom. The summed E-state index contributed by atoms with van der Waals surface area (Å²) < 4.78 is 29.3. The lowest BCUT2D eigenvalue weighted by Gasteiger charge is -2.05. The van der Waals surface area contributed by atoms with E-state index in [1.165, 1.54) is 0 Å². The van der Waals surface area contributed by atoms with Crippen LogP contribution in [0.25, 0.3) is 0 Å². The number of esters is 1. The number of nitrogens with zero attached hydrogens (tertiary/aromatic N) is 2. The number of carbonyl (C=O) groups is 1. The molecule has 0 aliphatic rings. The van der Waals surface area contributed by atoms with Crippen LogP contribution < -0.4 is 0 Å². The van der Waals surface area contributed by atoms with Crippen molar-refractivity contribution in [1.29, 1.82) is 0 Å². The summed E-state index contributed by atoms with van der Waals surface area (Å²) in [6, 6.07) is 0.844. The van der Waals surface area contributed by atoms with E-state index in [0.717, 1.165) is 13.2 Å². The van der Waals surface area contributed by atoms with Crippen LogP contribution in [0.2, 0.25) is 5.02 Å². The Balaban J connectivity index is 3.31. The van der Waals surface area contributed by atoms with Gasteiger partial charge in [-0.2, -0.15) is 0 Å². The molecule has 0 amide bonds. The Hall–Kier alpha value is -1.83. The summed E-state index contributed by atoms with van der Waals surface area (Å²) in [5, 5.41) is 10.2. The molecule has 0 atom stereocenters. The first-order valence-electron chi connectivity index (χ1n) is 4.55. The second-order valence-corrected chi connectivity index (χ2v) is 3.53. The number of hydrogen-bond donors (Lipinski definition) is 0. The van der Waals surface area contributed by atoms with Crippen molar-refractivity contribution in [2.75, 3.05) is 7.11 Å². The van der Waals surface area contributed by atoms with Crippen molar-refractivity contribution in [3.05, 3.63) is 32.5 Å². The third-order valence-electron chi connectivity index (χ3n) is 1.99. The van der Waals surface area contributed by atoms with Crippen LogP contribution in [0.1, 0.15) is 17.7 Å². The zero-order valence-corrected chi connectivity index (χ0v) is 9.78. The van der Waals surface area contributed by atoms with Crippen LogP contribution in [-0.2, 0) is 16.0 Å². The lowest BCUT2D eigenvalue weighted by Crippen LogP contribution is -2.08. The van der Waals surface area contributed by atoms with E-state index in [-0.39, 0.29) is 5.56 Å². The number of halogens is 3. The number of carbonyl (C=O) groups excluding carboxylic acids is 1. The highest BCUT2D eigenvalue weighted by molar-refractivity contribution is 6.33. The SMILES string of the molecule is COC(=O)Cc1cc(C(F)F)nc([N+](=O)[O-])c1Cl. The normalized spacial score (nSPS) is 10.5. The number of pyridine rings is 1. The summed E-state index contributed by atoms with van der Waals surface area (Å²) in [6.07, 6.45) is -3.45. The topological polar surface area (TPSA) is 82.3 Å². The second-order valence-electron chi connectivity index (χ2n) is 3.15. The van der Waals surface area contributed by atoms with Gasteiger partial charge in [0.05, 0.1) is 13.5 Å². The average Bonchev–Trinajstić information content (AvgIpc) is 2.30. The van der Waals surface area contributed by atoms with Crippen LogP contribution in [0.4, 0.5) is 14.6 Å². The minimum Gasteiger partial charge on any atom is -0.469 e. The molecule has 1 rings (SSSR count). The van der Waals surface area contributed by atoms with Gasteiger partial charge in [-0.1, -0.05) is 11.6 Å². The number of nitro groups is 1. The molecule has 0 spiro atoms. The third-order valence-corrected chi connectivity index (χ3v) is 2.41. The predicted molar refractivity (Wildman–Crippen MR) is 56.6 cm³/mol. The Labute approximate surface area is 105 Å². The summed E-state index contributed by atoms with van der Waals surface area (Å²) >= 11 is 5.62. The molecule has 0 saturated carbocycles. The molecule has 0 aromatic carbocycles. The fourth-order valence-electron chi connectivity index (χ4n) is 1.18. The van der Waals surface area contributed by atoms with Crippen molar-refractivity contribution in [1.82, 2.24) is 4.98 Å². The number of ether oxygens (including phenoxy) is 1. The molecule has 0 bridgehead atoms. The van der Waals surface area contributed by atoms with E-state index in [9.17, 15) is 23.7 Å². The van der Waals surface area contributed by atoms with Gasteiger partial charge in [-0.3, -0.25) is 4.79 Å². The van der Waals surface area contributed by atoms with Gasteiger partial charge in [-0.05, 0) is 21.5 Å². The molecule has 0 N–H and O–H groups in total. The van der Waals surface area contributed by atoms with Crippen LogP contribution in [0.15, 0.2) is 6.07 Å². The van der Waals surface area contributed by atoms with Crippen molar-refractivity contribution in [3.8, 4) is 0 Å². The molecule has 0 radical (unpaired) electrons. The van der Waals surface area contributed by atoms with Gasteiger partial charge in [0.25, 0.3) is 0 Å². The maximum atomic E-state index is 12.5. The van der Waals surface area contributed by atoms with Crippen molar-refractivity contribution >= 4 is 23.4 Å². The molecular weight excluding hydrogens is 274 g/mol. The Bertz CT molecular complexity index is 496. The summed E-state index contributed by atoms with van der Waals surface area (Å²) in [5.41, 5.74) is -0.939.